The Kier molecular flexibility index (Phi) is 4.24. The van der Waals surface area contributed by atoms with Crippen molar-refractivity contribution in [2.24, 2.45) is 0 Å². The standard InChI is InChI=1S/C19H21NO3/c1-13-4-6-16-15(10-13)8-9-20(16)19(21)12-14-5-7-17(22-2)18(11-14)23-3/h4-7,10-11H,8-9,12H2,1-3H3. The third-order valence-electron chi connectivity index (χ3n) is 4.23. The van der Waals surface area contributed by atoms with Crippen molar-refractivity contribution in [3.8, 4) is 11.5 Å². The lowest BCUT2D eigenvalue weighted by molar-refractivity contribution is -0.117. The molecule has 1 aliphatic rings. The Balaban J connectivity index is 1.79. The Morgan fingerprint density at radius 2 is 1.87 bits per heavy atom. The second-order valence-electron chi connectivity index (χ2n) is 5.79. The van der Waals surface area contributed by atoms with Gasteiger partial charge in [-0.3, -0.25) is 4.79 Å². The average molecular weight is 311 g/mol. The van der Waals surface area contributed by atoms with Gasteiger partial charge in [-0.25, -0.2) is 0 Å². The lowest BCUT2D eigenvalue weighted by Gasteiger charge is -2.18. The van der Waals surface area contributed by atoms with E-state index in [1.165, 1.54) is 11.1 Å². The zero-order valence-corrected chi connectivity index (χ0v) is 13.8. The Labute approximate surface area is 136 Å². The minimum absolute atomic E-state index is 0.111. The number of hydrogen-bond donors (Lipinski definition) is 0. The van der Waals surface area contributed by atoms with Crippen LogP contribution in [0.5, 0.6) is 11.5 Å². The van der Waals surface area contributed by atoms with Crippen LogP contribution in [-0.2, 0) is 17.6 Å². The molecule has 1 aliphatic heterocycles. The summed E-state index contributed by atoms with van der Waals surface area (Å²) in [5.74, 6) is 1.43. The van der Waals surface area contributed by atoms with Crippen LogP contribution in [0, 0.1) is 6.92 Å². The van der Waals surface area contributed by atoms with E-state index < -0.39 is 0 Å². The zero-order valence-electron chi connectivity index (χ0n) is 13.8. The molecule has 2 aromatic rings. The fourth-order valence-electron chi connectivity index (χ4n) is 3.05. The van der Waals surface area contributed by atoms with Gasteiger partial charge in [0.25, 0.3) is 0 Å². The molecule has 120 valence electrons. The molecule has 0 N–H and O–H groups in total. The van der Waals surface area contributed by atoms with Gasteiger partial charge in [-0.05, 0) is 42.7 Å². The molecule has 0 saturated heterocycles. The Bertz CT molecular complexity index is 739. The highest BCUT2D eigenvalue weighted by Crippen LogP contribution is 2.31. The molecule has 0 aliphatic carbocycles. The van der Waals surface area contributed by atoms with E-state index >= 15 is 0 Å². The summed E-state index contributed by atoms with van der Waals surface area (Å²) in [5.41, 5.74) is 4.46. The first-order valence-electron chi connectivity index (χ1n) is 7.73. The largest absolute Gasteiger partial charge is 0.493 e. The van der Waals surface area contributed by atoms with Crippen LogP contribution >= 0.6 is 0 Å². The van der Waals surface area contributed by atoms with Gasteiger partial charge >= 0.3 is 0 Å². The molecule has 0 aromatic heterocycles. The molecule has 0 spiro atoms. The normalized spacial score (nSPS) is 12.9. The number of aryl methyl sites for hydroxylation is 1. The molecule has 1 amide bonds. The lowest BCUT2D eigenvalue weighted by atomic mass is 10.1. The maximum atomic E-state index is 12.7. The minimum Gasteiger partial charge on any atom is -0.493 e. The monoisotopic (exact) mass is 311 g/mol. The van der Waals surface area contributed by atoms with Gasteiger partial charge in [0.15, 0.2) is 11.5 Å². The third kappa shape index (κ3) is 3.02. The smallest absolute Gasteiger partial charge is 0.231 e. The van der Waals surface area contributed by atoms with Crippen LogP contribution in [0.15, 0.2) is 36.4 Å². The molecular weight excluding hydrogens is 290 g/mol. The van der Waals surface area contributed by atoms with Crippen molar-refractivity contribution in [1.29, 1.82) is 0 Å². The fraction of sp³-hybridized carbons (Fsp3) is 0.316. The first kappa shape index (κ1) is 15.4. The number of amides is 1. The number of hydrogen-bond acceptors (Lipinski definition) is 3. The number of anilines is 1. The van der Waals surface area contributed by atoms with Gasteiger partial charge in [0, 0.05) is 12.2 Å². The molecular formula is C19H21NO3. The molecule has 0 radical (unpaired) electrons. The number of benzene rings is 2. The van der Waals surface area contributed by atoms with Crippen molar-refractivity contribution in [3.63, 3.8) is 0 Å². The molecule has 4 nitrogen and oxygen atoms in total. The highest BCUT2D eigenvalue weighted by Gasteiger charge is 2.24. The lowest BCUT2D eigenvalue weighted by Crippen LogP contribution is -2.30. The zero-order chi connectivity index (χ0) is 16.4. The second-order valence-corrected chi connectivity index (χ2v) is 5.79. The predicted octanol–water partition coefficient (Wildman–Crippen LogP) is 3.14. The summed E-state index contributed by atoms with van der Waals surface area (Å²) in [6.07, 6.45) is 1.28. The maximum absolute atomic E-state index is 12.7. The van der Waals surface area contributed by atoms with Gasteiger partial charge in [0.2, 0.25) is 5.91 Å². The van der Waals surface area contributed by atoms with Crippen LogP contribution in [0.2, 0.25) is 0 Å². The summed E-state index contributed by atoms with van der Waals surface area (Å²) >= 11 is 0. The fourth-order valence-corrected chi connectivity index (χ4v) is 3.05. The minimum atomic E-state index is 0.111. The van der Waals surface area contributed by atoms with Crippen molar-refractivity contribution in [2.45, 2.75) is 19.8 Å². The molecule has 0 saturated carbocycles. The highest BCUT2D eigenvalue weighted by atomic mass is 16.5. The van der Waals surface area contributed by atoms with E-state index in [1.807, 2.05) is 29.2 Å². The number of ether oxygens (including phenoxy) is 2. The first-order chi connectivity index (χ1) is 11.1. The summed E-state index contributed by atoms with van der Waals surface area (Å²) < 4.78 is 10.5. The molecule has 0 unspecified atom stereocenters. The van der Waals surface area contributed by atoms with E-state index in [4.69, 9.17) is 9.47 Å². The van der Waals surface area contributed by atoms with Crippen molar-refractivity contribution >= 4 is 11.6 Å². The average Bonchev–Trinajstić information content (AvgIpc) is 2.97. The van der Waals surface area contributed by atoms with Crippen molar-refractivity contribution in [1.82, 2.24) is 0 Å². The maximum Gasteiger partial charge on any atom is 0.231 e. The van der Waals surface area contributed by atoms with Crippen molar-refractivity contribution in [2.75, 3.05) is 25.7 Å². The molecule has 0 atom stereocenters. The van der Waals surface area contributed by atoms with E-state index in [-0.39, 0.29) is 5.91 Å². The van der Waals surface area contributed by atoms with Gasteiger partial charge in [0.05, 0.1) is 20.6 Å². The first-order valence-corrected chi connectivity index (χ1v) is 7.73. The number of nitrogens with zero attached hydrogens (tertiary/aromatic N) is 1. The summed E-state index contributed by atoms with van der Waals surface area (Å²) in [6, 6.07) is 11.9. The van der Waals surface area contributed by atoms with Gasteiger partial charge in [-0.2, -0.15) is 0 Å². The Morgan fingerprint density at radius 3 is 2.61 bits per heavy atom. The molecule has 0 bridgehead atoms. The van der Waals surface area contributed by atoms with E-state index in [9.17, 15) is 4.79 Å². The van der Waals surface area contributed by atoms with Gasteiger partial charge < -0.3 is 14.4 Å². The van der Waals surface area contributed by atoms with E-state index in [2.05, 4.69) is 19.1 Å². The predicted molar refractivity (Wildman–Crippen MR) is 90.5 cm³/mol. The van der Waals surface area contributed by atoms with Crippen molar-refractivity contribution < 1.29 is 14.3 Å². The summed E-state index contributed by atoms with van der Waals surface area (Å²) in [4.78, 5) is 14.6. The number of carbonyl (C=O) groups excluding carboxylic acids is 1. The van der Waals surface area contributed by atoms with Gasteiger partial charge in [-0.1, -0.05) is 23.8 Å². The van der Waals surface area contributed by atoms with Crippen LogP contribution in [0.3, 0.4) is 0 Å². The van der Waals surface area contributed by atoms with Crippen LogP contribution in [0.4, 0.5) is 5.69 Å². The summed E-state index contributed by atoms with van der Waals surface area (Å²) in [5, 5.41) is 0. The van der Waals surface area contributed by atoms with E-state index in [1.54, 1.807) is 14.2 Å². The molecule has 1 heterocycles. The van der Waals surface area contributed by atoms with E-state index in [0.29, 0.717) is 17.9 Å². The highest BCUT2D eigenvalue weighted by molar-refractivity contribution is 5.96. The molecule has 3 rings (SSSR count). The van der Waals surface area contributed by atoms with Crippen LogP contribution in [0.1, 0.15) is 16.7 Å². The van der Waals surface area contributed by atoms with E-state index in [0.717, 1.165) is 24.2 Å². The summed E-state index contributed by atoms with van der Waals surface area (Å²) in [6.45, 7) is 2.83. The van der Waals surface area contributed by atoms with Crippen molar-refractivity contribution in [3.05, 3.63) is 53.1 Å². The number of carbonyl (C=O) groups is 1. The Morgan fingerprint density at radius 1 is 1.09 bits per heavy atom. The van der Waals surface area contributed by atoms with Crippen LogP contribution in [-0.4, -0.2) is 26.7 Å². The molecule has 2 aromatic carbocycles. The van der Waals surface area contributed by atoms with Crippen LogP contribution < -0.4 is 14.4 Å². The number of fused-ring (bicyclic) bond motifs is 1. The van der Waals surface area contributed by atoms with Gasteiger partial charge in [0.1, 0.15) is 0 Å². The topological polar surface area (TPSA) is 38.8 Å². The van der Waals surface area contributed by atoms with Crippen LogP contribution in [0.25, 0.3) is 0 Å². The molecule has 23 heavy (non-hydrogen) atoms. The number of rotatable bonds is 4. The Hall–Kier alpha value is -2.49. The SMILES string of the molecule is COc1ccc(CC(=O)N2CCc3cc(C)ccc32)cc1OC. The second kappa shape index (κ2) is 6.32. The quantitative estimate of drug-likeness (QED) is 0.870. The summed E-state index contributed by atoms with van der Waals surface area (Å²) in [7, 11) is 3.20. The van der Waals surface area contributed by atoms with Gasteiger partial charge in [-0.15, -0.1) is 0 Å². The molecule has 4 heteroatoms. The molecule has 0 fully saturated rings. The third-order valence-corrected chi connectivity index (χ3v) is 4.23. The number of methoxy groups -OCH3 is 2.